The predicted molar refractivity (Wildman–Crippen MR) is 45.4 cm³/mol. The van der Waals surface area contributed by atoms with Crippen molar-refractivity contribution in [3.05, 3.63) is 23.1 Å². The van der Waals surface area contributed by atoms with Crippen LogP contribution in [0.25, 0.3) is 0 Å². The van der Waals surface area contributed by atoms with Gasteiger partial charge >= 0.3 is 0 Å². The van der Waals surface area contributed by atoms with Crippen LogP contribution < -0.4 is 10.3 Å². The molecule has 66 valence electrons. The van der Waals surface area contributed by atoms with Crippen LogP contribution in [0.3, 0.4) is 0 Å². The van der Waals surface area contributed by atoms with Crippen LogP contribution in [-0.4, -0.2) is 15.0 Å². The Labute approximate surface area is 71.4 Å². The van der Waals surface area contributed by atoms with Gasteiger partial charge in [-0.3, -0.25) is 0 Å². The molecule has 4 nitrogen and oxygen atoms in total. The Morgan fingerprint density at radius 3 is 3.08 bits per heavy atom. The van der Waals surface area contributed by atoms with Crippen LogP contribution in [0.1, 0.15) is 6.42 Å². The topological polar surface area (TPSA) is 58.2 Å². The summed E-state index contributed by atoms with van der Waals surface area (Å²) in [6, 6.07) is 0. The quantitative estimate of drug-likeness (QED) is 0.554. The van der Waals surface area contributed by atoms with Crippen molar-refractivity contribution < 1.29 is 8.42 Å². The fraction of sp³-hybridized carbons (Fsp3) is 0.429. The van der Waals surface area contributed by atoms with Crippen molar-refractivity contribution >= 4 is 10.0 Å². The lowest BCUT2D eigenvalue weighted by Gasteiger charge is -2.27. The highest BCUT2D eigenvalue weighted by molar-refractivity contribution is 7.93. The van der Waals surface area contributed by atoms with Crippen LogP contribution in [0.15, 0.2) is 23.1 Å². The second-order valence-electron chi connectivity index (χ2n) is 2.92. The van der Waals surface area contributed by atoms with E-state index >= 15 is 0 Å². The fourth-order valence-electron chi connectivity index (χ4n) is 1.47. The standard InChI is InChI=1S/C7H10N2O2S/c10-12(11)7-4-2-1-3-6(7)5-8-9-12/h1-2,4,6,8-9H,3,5H2. The predicted octanol–water partition coefficient (Wildman–Crippen LogP) is -0.116. The van der Waals surface area contributed by atoms with Crippen LogP contribution in [0.2, 0.25) is 0 Å². The molecule has 5 heteroatoms. The average molecular weight is 186 g/mol. The molecule has 1 atom stereocenters. The molecule has 12 heavy (non-hydrogen) atoms. The molecule has 2 aliphatic rings. The Morgan fingerprint density at radius 1 is 1.50 bits per heavy atom. The van der Waals surface area contributed by atoms with Crippen molar-refractivity contribution in [3.8, 4) is 0 Å². The third-order valence-corrected chi connectivity index (χ3v) is 3.59. The van der Waals surface area contributed by atoms with E-state index in [0.717, 1.165) is 6.42 Å². The van der Waals surface area contributed by atoms with Gasteiger partial charge in [0.25, 0.3) is 0 Å². The third-order valence-electron chi connectivity index (χ3n) is 2.08. The van der Waals surface area contributed by atoms with Gasteiger partial charge in [-0.1, -0.05) is 12.2 Å². The van der Waals surface area contributed by atoms with E-state index in [4.69, 9.17) is 0 Å². The maximum absolute atomic E-state index is 11.3. The molecule has 1 aliphatic carbocycles. The van der Waals surface area contributed by atoms with E-state index in [2.05, 4.69) is 10.3 Å². The summed E-state index contributed by atoms with van der Waals surface area (Å²) in [5.41, 5.74) is 2.66. The second kappa shape index (κ2) is 2.69. The summed E-state index contributed by atoms with van der Waals surface area (Å²) in [4.78, 5) is 2.78. The molecule has 0 amide bonds. The first-order valence-electron chi connectivity index (χ1n) is 3.81. The minimum absolute atomic E-state index is 0.112. The van der Waals surface area contributed by atoms with Crippen molar-refractivity contribution in [2.24, 2.45) is 5.92 Å². The van der Waals surface area contributed by atoms with E-state index in [1.807, 2.05) is 6.08 Å². The third kappa shape index (κ3) is 1.20. The zero-order chi connectivity index (χ0) is 8.60. The Kier molecular flexibility index (Phi) is 1.79. The molecule has 0 aromatic heterocycles. The van der Waals surface area contributed by atoms with Crippen molar-refractivity contribution in [3.63, 3.8) is 0 Å². The zero-order valence-electron chi connectivity index (χ0n) is 6.45. The van der Waals surface area contributed by atoms with Gasteiger partial charge in [-0.25, -0.2) is 13.8 Å². The van der Waals surface area contributed by atoms with E-state index in [1.165, 1.54) is 0 Å². The van der Waals surface area contributed by atoms with Crippen molar-refractivity contribution in [1.29, 1.82) is 0 Å². The van der Waals surface area contributed by atoms with Crippen LogP contribution in [0.5, 0.6) is 0 Å². The van der Waals surface area contributed by atoms with E-state index in [9.17, 15) is 8.42 Å². The molecule has 2 rings (SSSR count). The molecule has 1 fully saturated rings. The first-order chi connectivity index (χ1) is 5.70. The van der Waals surface area contributed by atoms with Crippen molar-refractivity contribution in [1.82, 2.24) is 10.3 Å². The van der Waals surface area contributed by atoms with Gasteiger partial charge < -0.3 is 0 Å². The lowest BCUT2D eigenvalue weighted by molar-refractivity contribution is 0.480. The maximum Gasteiger partial charge on any atom is 0.249 e. The number of nitrogens with one attached hydrogen (secondary N) is 2. The minimum atomic E-state index is -3.23. The molecule has 1 heterocycles. The largest absolute Gasteiger partial charge is 0.249 e. The lowest BCUT2D eigenvalue weighted by atomic mass is 10.0. The molecule has 1 aliphatic heterocycles. The molecule has 0 saturated carbocycles. The number of rotatable bonds is 0. The normalized spacial score (nSPS) is 32.3. The van der Waals surface area contributed by atoms with Gasteiger partial charge in [-0.15, -0.1) is 4.83 Å². The van der Waals surface area contributed by atoms with Crippen LogP contribution in [0.4, 0.5) is 0 Å². The molecule has 0 radical (unpaired) electrons. The summed E-state index contributed by atoms with van der Waals surface area (Å²) in [5.74, 6) is 0.112. The van der Waals surface area contributed by atoms with Crippen LogP contribution in [-0.2, 0) is 10.0 Å². The average Bonchev–Trinajstić information content (AvgIpc) is 2.04. The molecule has 1 saturated heterocycles. The van der Waals surface area contributed by atoms with E-state index in [0.29, 0.717) is 11.4 Å². The number of hydrazine groups is 1. The van der Waals surface area contributed by atoms with E-state index in [1.54, 1.807) is 12.2 Å². The number of fused-ring (bicyclic) bond motifs is 1. The molecule has 0 spiro atoms. The van der Waals surface area contributed by atoms with Crippen molar-refractivity contribution in [2.75, 3.05) is 6.54 Å². The van der Waals surface area contributed by atoms with Gasteiger partial charge in [0.05, 0.1) is 4.91 Å². The Balaban J connectivity index is 2.43. The fourth-order valence-corrected chi connectivity index (χ4v) is 2.74. The Morgan fingerprint density at radius 2 is 2.33 bits per heavy atom. The molecular formula is C7H10N2O2S. The zero-order valence-corrected chi connectivity index (χ0v) is 7.26. The Bertz CT molecular complexity index is 342. The number of allylic oxidation sites excluding steroid dienone is 3. The first-order valence-corrected chi connectivity index (χ1v) is 5.30. The summed E-state index contributed by atoms with van der Waals surface area (Å²) in [5, 5.41) is 0. The second-order valence-corrected chi connectivity index (χ2v) is 4.60. The Hall–Kier alpha value is -0.650. The molecule has 0 aromatic rings. The highest BCUT2D eigenvalue weighted by atomic mass is 32.2. The minimum Gasteiger partial charge on any atom is -0.243 e. The van der Waals surface area contributed by atoms with Crippen LogP contribution >= 0.6 is 0 Å². The van der Waals surface area contributed by atoms with Crippen molar-refractivity contribution in [2.45, 2.75) is 6.42 Å². The monoisotopic (exact) mass is 186 g/mol. The number of hydrogen-bond donors (Lipinski definition) is 2. The maximum atomic E-state index is 11.3. The highest BCUT2D eigenvalue weighted by Gasteiger charge is 2.30. The first kappa shape index (κ1) is 7.97. The summed E-state index contributed by atoms with van der Waals surface area (Å²) in [6.45, 7) is 0.676. The molecule has 0 aromatic carbocycles. The molecule has 2 N–H and O–H groups in total. The summed E-state index contributed by atoms with van der Waals surface area (Å²) >= 11 is 0. The van der Waals surface area contributed by atoms with Crippen LogP contribution in [0, 0.1) is 5.92 Å². The smallest absolute Gasteiger partial charge is 0.243 e. The van der Waals surface area contributed by atoms with E-state index in [-0.39, 0.29) is 5.92 Å². The number of sulfonamides is 1. The van der Waals surface area contributed by atoms with Gasteiger partial charge in [0.1, 0.15) is 0 Å². The van der Waals surface area contributed by atoms with Gasteiger partial charge in [-0.05, 0) is 12.5 Å². The van der Waals surface area contributed by atoms with E-state index < -0.39 is 10.0 Å². The SMILES string of the molecule is O=S1(=O)NNCC2CC=CC=C21. The number of hydrogen-bond acceptors (Lipinski definition) is 3. The summed E-state index contributed by atoms with van der Waals surface area (Å²) < 4.78 is 22.7. The molecular weight excluding hydrogens is 176 g/mol. The summed E-state index contributed by atoms with van der Waals surface area (Å²) in [6.07, 6.45) is 6.24. The van der Waals surface area contributed by atoms with Gasteiger partial charge in [0.15, 0.2) is 0 Å². The lowest BCUT2D eigenvalue weighted by Crippen LogP contribution is -2.48. The molecule has 1 unspecified atom stereocenters. The highest BCUT2D eigenvalue weighted by Crippen LogP contribution is 2.25. The van der Waals surface area contributed by atoms with Gasteiger partial charge in [0.2, 0.25) is 10.0 Å². The summed E-state index contributed by atoms with van der Waals surface area (Å²) in [7, 11) is -3.23. The van der Waals surface area contributed by atoms with Gasteiger partial charge in [0, 0.05) is 12.5 Å². The molecule has 0 bridgehead atoms. The van der Waals surface area contributed by atoms with Gasteiger partial charge in [-0.2, -0.15) is 0 Å².